The lowest BCUT2D eigenvalue weighted by Gasteiger charge is -2.18. The molecule has 0 radical (unpaired) electrons. The number of nitrogens with two attached hydrogens (primary N) is 1. The fourth-order valence-electron chi connectivity index (χ4n) is 1.53. The molecule has 0 aliphatic carbocycles. The Labute approximate surface area is 102 Å². The second-order valence-corrected chi connectivity index (χ2v) is 4.69. The molecule has 90 valence electrons. The molecule has 0 bridgehead atoms. The maximum absolute atomic E-state index is 5.59. The van der Waals surface area contributed by atoms with Crippen LogP contribution in [0.15, 0.2) is 24.3 Å². The molecular formula is C12H20N2OS. The molecule has 0 amide bonds. The molecule has 16 heavy (non-hydrogen) atoms. The van der Waals surface area contributed by atoms with Gasteiger partial charge in [0.15, 0.2) is 0 Å². The van der Waals surface area contributed by atoms with Gasteiger partial charge in [-0.3, -0.25) is 11.3 Å². The van der Waals surface area contributed by atoms with Gasteiger partial charge in [0.05, 0.1) is 13.2 Å². The first-order valence-corrected chi connectivity index (χ1v) is 6.65. The molecule has 1 atom stereocenters. The third kappa shape index (κ3) is 3.70. The van der Waals surface area contributed by atoms with Crippen molar-refractivity contribution in [1.82, 2.24) is 5.43 Å². The zero-order chi connectivity index (χ0) is 11.8. The summed E-state index contributed by atoms with van der Waals surface area (Å²) in [5.74, 6) is 8.61. The number of benzene rings is 1. The zero-order valence-corrected chi connectivity index (χ0v) is 10.7. The van der Waals surface area contributed by atoms with Crippen molar-refractivity contribution in [2.45, 2.75) is 19.4 Å². The summed E-state index contributed by atoms with van der Waals surface area (Å²) in [5, 5.41) is 0. The Morgan fingerprint density at radius 3 is 2.81 bits per heavy atom. The maximum Gasteiger partial charge on any atom is 0.123 e. The van der Waals surface area contributed by atoms with Gasteiger partial charge in [0.2, 0.25) is 0 Å². The SMILES string of the molecule is CCCSCC(NN)c1ccccc1OC. The van der Waals surface area contributed by atoms with Crippen molar-refractivity contribution in [3.05, 3.63) is 29.8 Å². The summed E-state index contributed by atoms with van der Waals surface area (Å²) in [6.07, 6.45) is 1.19. The number of hydrazine groups is 1. The van der Waals surface area contributed by atoms with Gasteiger partial charge in [0.25, 0.3) is 0 Å². The van der Waals surface area contributed by atoms with Gasteiger partial charge >= 0.3 is 0 Å². The minimum Gasteiger partial charge on any atom is -0.496 e. The highest BCUT2D eigenvalue weighted by Crippen LogP contribution is 2.26. The van der Waals surface area contributed by atoms with Gasteiger partial charge in [-0.25, -0.2) is 0 Å². The highest BCUT2D eigenvalue weighted by molar-refractivity contribution is 7.99. The molecule has 0 fully saturated rings. The van der Waals surface area contributed by atoms with Crippen LogP contribution in [-0.2, 0) is 0 Å². The highest BCUT2D eigenvalue weighted by atomic mass is 32.2. The Hall–Kier alpha value is -0.710. The molecule has 1 rings (SSSR count). The number of hydrogen-bond donors (Lipinski definition) is 2. The summed E-state index contributed by atoms with van der Waals surface area (Å²) in [6.45, 7) is 2.18. The first kappa shape index (κ1) is 13.4. The molecule has 3 N–H and O–H groups in total. The van der Waals surface area contributed by atoms with Crippen molar-refractivity contribution in [2.24, 2.45) is 5.84 Å². The van der Waals surface area contributed by atoms with Crippen LogP contribution in [-0.4, -0.2) is 18.6 Å². The van der Waals surface area contributed by atoms with Gasteiger partial charge in [-0.2, -0.15) is 11.8 Å². The fourth-order valence-corrected chi connectivity index (χ4v) is 2.49. The molecule has 0 aliphatic heterocycles. The van der Waals surface area contributed by atoms with Gasteiger partial charge in [0, 0.05) is 11.3 Å². The Balaban J connectivity index is 2.69. The fraction of sp³-hybridized carbons (Fsp3) is 0.500. The van der Waals surface area contributed by atoms with Crippen LogP contribution in [0.3, 0.4) is 0 Å². The van der Waals surface area contributed by atoms with E-state index in [0.717, 1.165) is 22.8 Å². The average Bonchev–Trinajstić information content (AvgIpc) is 2.35. The second-order valence-electron chi connectivity index (χ2n) is 3.54. The number of rotatable bonds is 7. The molecule has 0 spiro atoms. The van der Waals surface area contributed by atoms with Crippen LogP contribution in [0.25, 0.3) is 0 Å². The molecule has 0 saturated heterocycles. The van der Waals surface area contributed by atoms with E-state index in [0.29, 0.717) is 0 Å². The second kappa shape index (κ2) is 7.54. The molecule has 0 saturated carbocycles. The number of nitrogens with one attached hydrogen (secondary N) is 1. The first-order valence-electron chi connectivity index (χ1n) is 5.50. The number of ether oxygens (including phenoxy) is 1. The van der Waals surface area contributed by atoms with Gasteiger partial charge in [-0.1, -0.05) is 25.1 Å². The van der Waals surface area contributed by atoms with Crippen molar-refractivity contribution in [2.75, 3.05) is 18.6 Å². The van der Waals surface area contributed by atoms with E-state index in [2.05, 4.69) is 18.4 Å². The summed E-state index contributed by atoms with van der Waals surface area (Å²) in [4.78, 5) is 0. The molecule has 1 aromatic rings. The number of hydrogen-bond acceptors (Lipinski definition) is 4. The minimum absolute atomic E-state index is 0.146. The van der Waals surface area contributed by atoms with Crippen LogP contribution in [0.5, 0.6) is 5.75 Å². The van der Waals surface area contributed by atoms with Crippen LogP contribution in [0.1, 0.15) is 24.9 Å². The van der Waals surface area contributed by atoms with Crippen LogP contribution in [0, 0.1) is 0 Å². The van der Waals surface area contributed by atoms with E-state index in [1.54, 1.807) is 7.11 Å². The molecule has 4 heteroatoms. The Kier molecular flexibility index (Phi) is 6.30. The molecule has 0 heterocycles. The quantitative estimate of drug-likeness (QED) is 0.436. The van der Waals surface area contributed by atoms with E-state index >= 15 is 0 Å². The minimum atomic E-state index is 0.146. The van der Waals surface area contributed by atoms with E-state index in [9.17, 15) is 0 Å². The summed E-state index contributed by atoms with van der Waals surface area (Å²) < 4.78 is 5.33. The van der Waals surface area contributed by atoms with Gasteiger partial charge < -0.3 is 4.74 Å². The van der Waals surface area contributed by atoms with Crippen LogP contribution in [0.4, 0.5) is 0 Å². The maximum atomic E-state index is 5.59. The third-order valence-corrected chi connectivity index (χ3v) is 3.61. The molecular weight excluding hydrogens is 220 g/mol. The lowest BCUT2D eigenvalue weighted by molar-refractivity contribution is 0.403. The monoisotopic (exact) mass is 240 g/mol. The van der Waals surface area contributed by atoms with E-state index in [1.807, 2.05) is 30.0 Å². The average molecular weight is 240 g/mol. The van der Waals surface area contributed by atoms with Crippen LogP contribution < -0.4 is 16.0 Å². The van der Waals surface area contributed by atoms with Gasteiger partial charge in [-0.15, -0.1) is 0 Å². The zero-order valence-electron chi connectivity index (χ0n) is 9.90. The van der Waals surface area contributed by atoms with Crippen molar-refractivity contribution < 1.29 is 4.74 Å². The van der Waals surface area contributed by atoms with Crippen LogP contribution >= 0.6 is 11.8 Å². The predicted octanol–water partition coefficient (Wildman–Crippen LogP) is 2.34. The topological polar surface area (TPSA) is 47.3 Å². The summed E-state index contributed by atoms with van der Waals surface area (Å²) in [6, 6.07) is 8.13. The third-order valence-electron chi connectivity index (χ3n) is 2.35. The lowest BCUT2D eigenvalue weighted by atomic mass is 10.1. The number of thioether (sulfide) groups is 1. The summed E-state index contributed by atoms with van der Waals surface area (Å²) >= 11 is 1.90. The van der Waals surface area contributed by atoms with Crippen molar-refractivity contribution in [1.29, 1.82) is 0 Å². The van der Waals surface area contributed by atoms with Gasteiger partial charge in [-0.05, 0) is 18.2 Å². The van der Waals surface area contributed by atoms with Crippen molar-refractivity contribution >= 4 is 11.8 Å². The highest BCUT2D eigenvalue weighted by Gasteiger charge is 2.13. The Bertz CT molecular complexity index is 307. The largest absolute Gasteiger partial charge is 0.496 e. The first-order chi connectivity index (χ1) is 7.83. The molecule has 1 aromatic carbocycles. The summed E-state index contributed by atoms with van der Waals surface area (Å²) in [5.41, 5.74) is 3.97. The van der Waals surface area contributed by atoms with Gasteiger partial charge in [0.1, 0.15) is 5.75 Å². The summed E-state index contributed by atoms with van der Waals surface area (Å²) in [7, 11) is 1.69. The van der Waals surface area contributed by atoms with E-state index in [1.165, 1.54) is 6.42 Å². The Morgan fingerprint density at radius 2 is 2.19 bits per heavy atom. The normalized spacial score (nSPS) is 12.4. The molecule has 1 unspecified atom stereocenters. The van der Waals surface area contributed by atoms with Crippen LogP contribution in [0.2, 0.25) is 0 Å². The predicted molar refractivity (Wildman–Crippen MR) is 70.7 cm³/mol. The van der Waals surface area contributed by atoms with E-state index in [-0.39, 0.29) is 6.04 Å². The number of para-hydroxylation sites is 1. The standard InChI is InChI=1S/C12H20N2OS/c1-3-8-16-9-11(14-13)10-6-4-5-7-12(10)15-2/h4-7,11,14H,3,8-9,13H2,1-2H3. The lowest BCUT2D eigenvalue weighted by Crippen LogP contribution is -2.30. The molecule has 0 aliphatic rings. The smallest absolute Gasteiger partial charge is 0.123 e. The van der Waals surface area contributed by atoms with E-state index < -0.39 is 0 Å². The van der Waals surface area contributed by atoms with E-state index in [4.69, 9.17) is 10.6 Å². The Morgan fingerprint density at radius 1 is 1.44 bits per heavy atom. The molecule has 0 aromatic heterocycles. The van der Waals surface area contributed by atoms with Crippen molar-refractivity contribution in [3.8, 4) is 5.75 Å². The molecule has 3 nitrogen and oxygen atoms in total. The number of methoxy groups -OCH3 is 1. The van der Waals surface area contributed by atoms with Crippen molar-refractivity contribution in [3.63, 3.8) is 0 Å².